The van der Waals surface area contributed by atoms with Crippen molar-refractivity contribution in [2.24, 2.45) is 0 Å². The van der Waals surface area contributed by atoms with Gasteiger partial charge in [-0.2, -0.15) is 18.3 Å². The Bertz CT molecular complexity index is 1370. The topological polar surface area (TPSA) is 87.5 Å². The lowest BCUT2D eigenvalue weighted by molar-refractivity contribution is -0.0328. The number of imidazole rings is 1. The van der Waals surface area contributed by atoms with Crippen LogP contribution in [0, 0.1) is 0 Å². The van der Waals surface area contributed by atoms with E-state index in [-0.39, 0.29) is 22.7 Å². The highest BCUT2D eigenvalue weighted by Crippen LogP contribution is 2.40. The van der Waals surface area contributed by atoms with Gasteiger partial charge in [-0.05, 0) is 75.8 Å². The summed E-state index contributed by atoms with van der Waals surface area (Å²) in [7, 11) is 2.13. The van der Waals surface area contributed by atoms with E-state index < -0.39 is 5.51 Å². The Balaban J connectivity index is 1.26. The first-order valence-electron chi connectivity index (χ1n) is 11.7. The molecule has 1 saturated heterocycles. The van der Waals surface area contributed by atoms with Crippen LogP contribution in [0.1, 0.15) is 49.2 Å². The number of anilines is 1. The first kappa shape index (κ1) is 22.6. The molecule has 0 spiro atoms. The number of hydrogen-bond donors (Lipinski definition) is 2. The highest BCUT2D eigenvalue weighted by molar-refractivity contribution is 8.00. The number of nitrogens with one attached hydrogen (secondary N) is 2. The number of aromatic amines is 1. The maximum absolute atomic E-state index is 12.7. The lowest BCUT2D eigenvalue weighted by atomic mass is 10.1. The van der Waals surface area contributed by atoms with E-state index in [1.54, 1.807) is 6.07 Å². The number of benzene rings is 1. The minimum Gasteiger partial charge on any atom is -0.360 e. The summed E-state index contributed by atoms with van der Waals surface area (Å²) in [4.78, 5) is 19.7. The van der Waals surface area contributed by atoms with Crippen LogP contribution in [0.25, 0.3) is 22.2 Å². The van der Waals surface area contributed by atoms with Gasteiger partial charge in [0.15, 0.2) is 17.0 Å². The monoisotopic (exact) mass is 502 g/mol. The van der Waals surface area contributed by atoms with E-state index in [4.69, 9.17) is 15.1 Å². The number of H-pyrrole nitrogens is 1. The molecule has 35 heavy (non-hydrogen) atoms. The Morgan fingerprint density at radius 1 is 1.14 bits per heavy atom. The van der Waals surface area contributed by atoms with Gasteiger partial charge < -0.3 is 15.2 Å². The highest BCUT2D eigenvalue weighted by Gasteiger charge is 2.30. The van der Waals surface area contributed by atoms with Crippen LogP contribution in [0.15, 0.2) is 29.3 Å². The highest BCUT2D eigenvalue weighted by atomic mass is 32.2. The third kappa shape index (κ3) is 4.81. The smallest absolute Gasteiger partial charge is 0.360 e. The van der Waals surface area contributed by atoms with E-state index in [2.05, 4.69) is 27.2 Å². The second-order valence-corrected chi connectivity index (χ2v) is 10.5. The van der Waals surface area contributed by atoms with Crippen LogP contribution >= 0.6 is 11.8 Å². The fourth-order valence-electron chi connectivity index (χ4n) is 4.60. The molecule has 1 saturated carbocycles. The number of fused-ring (bicyclic) bond motifs is 2. The van der Waals surface area contributed by atoms with E-state index in [1.165, 1.54) is 12.1 Å². The van der Waals surface area contributed by atoms with E-state index in [1.807, 2.05) is 10.9 Å². The van der Waals surface area contributed by atoms with Crippen molar-refractivity contribution in [3.63, 3.8) is 0 Å². The normalized spacial score (nSPS) is 18.1. The summed E-state index contributed by atoms with van der Waals surface area (Å²) < 4.78 is 40.2. The van der Waals surface area contributed by atoms with Crippen molar-refractivity contribution in [2.75, 3.05) is 25.5 Å². The van der Waals surface area contributed by atoms with Crippen LogP contribution in [-0.2, 0) is 6.54 Å². The largest absolute Gasteiger partial charge is 0.446 e. The van der Waals surface area contributed by atoms with Crippen molar-refractivity contribution in [3.05, 3.63) is 35.9 Å². The predicted molar refractivity (Wildman–Crippen MR) is 128 cm³/mol. The summed E-state index contributed by atoms with van der Waals surface area (Å²) in [5.74, 6) is 1.75. The fraction of sp³-hybridized carbons (Fsp3) is 0.478. The van der Waals surface area contributed by atoms with Crippen molar-refractivity contribution in [1.82, 2.24) is 34.6 Å². The molecule has 1 aliphatic heterocycles. The molecule has 2 fully saturated rings. The lowest BCUT2D eigenvalue weighted by Crippen LogP contribution is -2.32. The van der Waals surface area contributed by atoms with Gasteiger partial charge >= 0.3 is 5.51 Å². The second kappa shape index (κ2) is 8.66. The maximum Gasteiger partial charge on any atom is 0.446 e. The molecule has 4 aromatic rings. The van der Waals surface area contributed by atoms with Gasteiger partial charge in [-0.25, -0.2) is 19.6 Å². The van der Waals surface area contributed by atoms with Crippen LogP contribution in [0.4, 0.5) is 19.0 Å². The lowest BCUT2D eigenvalue weighted by Gasteiger charge is -2.29. The summed E-state index contributed by atoms with van der Waals surface area (Å²) in [6.07, 6.45) is 6.17. The molecule has 2 aliphatic rings. The first-order chi connectivity index (χ1) is 16.8. The van der Waals surface area contributed by atoms with Gasteiger partial charge in [0.05, 0.1) is 29.3 Å². The molecule has 12 heteroatoms. The number of thioether (sulfide) groups is 1. The van der Waals surface area contributed by atoms with E-state index in [0.717, 1.165) is 55.6 Å². The molecular weight excluding hydrogens is 477 g/mol. The SMILES string of the molecule is CN1CCC(n2nc(NCc3nc4cc(SC(F)(F)F)ccc4[nH]3)c3ncc(C4CC4)nc32)CC1. The summed E-state index contributed by atoms with van der Waals surface area (Å²) >= 11 is -0.140. The third-order valence-corrected chi connectivity index (χ3v) is 7.33. The molecule has 1 aromatic carbocycles. The van der Waals surface area contributed by atoms with E-state index in [0.29, 0.717) is 35.1 Å². The van der Waals surface area contributed by atoms with Crippen LogP contribution in [-0.4, -0.2) is 60.3 Å². The predicted octanol–water partition coefficient (Wildman–Crippen LogP) is 5.07. The fourth-order valence-corrected chi connectivity index (χ4v) is 5.17. The van der Waals surface area contributed by atoms with Gasteiger partial charge in [-0.3, -0.25) is 0 Å². The van der Waals surface area contributed by atoms with E-state index in [9.17, 15) is 13.2 Å². The standard InChI is InChI=1S/C23H25F3N8S/c1-33-8-6-14(7-9-33)34-22-20(27-11-18(31-22)13-2-3-13)21(32-34)28-12-19-29-16-5-4-15(10-17(16)30-19)35-23(24,25)26/h4-5,10-11,13-14H,2-3,6-9,12H2,1H3,(H,28,32)(H,29,30). The Morgan fingerprint density at radius 3 is 2.69 bits per heavy atom. The molecular formula is C23H25F3N8S. The molecule has 0 unspecified atom stereocenters. The number of halogens is 3. The van der Waals surface area contributed by atoms with Crippen LogP contribution in [0.3, 0.4) is 0 Å². The van der Waals surface area contributed by atoms with Crippen molar-refractivity contribution >= 4 is 39.8 Å². The minimum absolute atomic E-state index is 0.112. The summed E-state index contributed by atoms with van der Waals surface area (Å²) in [5.41, 5.74) is -0.584. The Hall–Kier alpha value is -2.86. The maximum atomic E-state index is 12.7. The molecule has 8 nitrogen and oxygen atoms in total. The van der Waals surface area contributed by atoms with Crippen LogP contribution < -0.4 is 5.32 Å². The zero-order valence-electron chi connectivity index (χ0n) is 19.1. The molecule has 1 aliphatic carbocycles. The molecule has 3 aromatic heterocycles. The number of hydrogen-bond acceptors (Lipinski definition) is 7. The van der Waals surface area contributed by atoms with Gasteiger partial charge in [0.2, 0.25) is 0 Å². The minimum atomic E-state index is -4.33. The second-order valence-electron chi connectivity index (χ2n) is 9.33. The average Bonchev–Trinajstić information content (AvgIpc) is 3.49. The Labute approximate surface area is 203 Å². The number of aromatic nitrogens is 6. The van der Waals surface area contributed by atoms with Gasteiger partial charge in [-0.1, -0.05) is 0 Å². The van der Waals surface area contributed by atoms with Gasteiger partial charge in [0.1, 0.15) is 5.82 Å². The zero-order chi connectivity index (χ0) is 24.2. The van der Waals surface area contributed by atoms with Gasteiger partial charge in [0.25, 0.3) is 0 Å². The van der Waals surface area contributed by atoms with Crippen molar-refractivity contribution < 1.29 is 13.2 Å². The zero-order valence-corrected chi connectivity index (χ0v) is 20.0. The summed E-state index contributed by atoms with van der Waals surface area (Å²) in [6.45, 7) is 2.36. The number of piperidine rings is 1. The summed E-state index contributed by atoms with van der Waals surface area (Å²) in [5, 5.41) is 8.20. The Kier molecular flexibility index (Phi) is 5.59. The molecule has 6 rings (SSSR count). The van der Waals surface area contributed by atoms with Crippen molar-refractivity contribution in [1.29, 1.82) is 0 Å². The van der Waals surface area contributed by atoms with E-state index >= 15 is 0 Å². The third-order valence-electron chi connectivity index (χ3n) is 6.61. The average molecular weight is 503 g/mol. The number of alkyl halides is 3. The Morgan fingerprint density at radius 2 is 1.94 bits per heavy atom. The molecule has 0 bridgehead atoms. The molecule has 2 N–H and O–H groups in total. The molecule has 0 amide bonds. The molecule has 184 valence electrons. The molecule has 0 atom stereocenters. The number of likely N-dealkylation sites (tertiary alicyclic amines) is 1. The molecule has 4 heterocycles. The van der Waals surface area contributed by atoms with Crippen LogP contribution in [0.2, 0.25) is 0 Å². The molecule has 0 radical (unpaired) electrons. The van der Waals surface area contributed by atoms with Gasteiger partial charge in [-0.15, -0.1) is 0 Å². The number of rotatable bonds is 6. The van der Waals surface area contributed by atoms with Gasteiger partial charge in [0, 0.05) is 17.0 Å². The van der Waals surface area contributed by atoms with Crippen molar-refractivity contribution in [3.8, 4) is 0 Å². The van der Waals surface area contributed by atoms with Crippen molar-refractivity contribution in [2.45, 2.75) is 54.6 Å². The van der Waals surface area contributed by atoms with Crippen LogP contribution in [0.5, 0.6) is 0 Å². The first-order valence-corrected chi connectivity index (χ1v) is 12.6. The summed E-state index contributed by atoms with van der Waals surface area (Å²) in [6, 6.07) is 4.78. The quantitative estimate of drug-likeness (QED) is 0.356. The number of nitrogens with zero attached hydrogens (tertiary/aromatic N) is 6.